The van der Waals surface area contributed by atoms with Crippen molar-refractivity contribution in [1.29, 1.82) is 0 Å². The average molecular weight is 399 g/mol. The molecule has 158 valence electrons. The summed E-state index contributed by atoms with van der Waals surface area (Å²) >= 11 is 0. The summed E-state index contributed by atoms with van der Waals surface area (Å²) in [5, 5.41) is 9.58. The Balaban J connectivity index is 1.55. The number of piperazine rings is 1. The maximum Gasteiger partial charge on any atom is 0.127 e. The number of aliphatic hydroxyl groups excluding tert-OH is 1. The molecule has 0 unspecified atom stereocenters. The van der Waals surface area contributed by atoms with E-state index in [4.69, 9.17) is 9.47 Å². The van der Waals surface area contributed by atoms with Crippen molar-refractivity contribution in [3.05, 3.63) is 59.7 Å². The highest BCUT2D eigenvalue weighted by molar-refractivity contribution is 5.40. The molecule has 0 bridgehead atoms. The molecule has 1 atom stereocenters. The van der Waals surface area contributed by atoms with E-state index >= 15 is 0 Å². The predicted octanol–water partition coefficient (Wildman–Crippen LogP) is 3.21. The molecule has 0 aromatic heterocycles. The molecule has 0 radical (unpaired) electrons. The van der Waals surface area contributed by atoms with Gasteiger partial charge in [-0.3, -0.25) is 9.80 Å². The van der Waals surface area contributed by atoms with Crippen molar-refractivity contribution in [1.82, 2.24) is 9.80 Å². The lowest BCUT2D eigenvalue weighted by Crippen LogP contribution is -2.53. The van der Waals surface area contributed by atoms with Crippen LogP contribution in [-0.4, -0.2) is 68.0 Å². The van der Waals surface area contributed by atoms with E-state index in [0.29, 0.717) is 6.04 Å². The van der Waals surface area contributed by atoms with Gasteiger partial charge in [0.25, 0.3) is 0 Å². The van der Waals surface area contributed by atoms with E-state index in [1.165, 1.54) is 11.1 Å². The molecule has 1 aliphatic rings. The molecule has 29 heavy (non-hydrogen) atoms. The van der Waals surface area contributed by atoms with Crippen molar-refractivity contribution >= 4 is 0 Å². The predicted molar refractivity (Wildman–Crippen MR) is 117 cm³/mol. The van der Waals surface area contributed by atoms with Gasteiger partial charge in [0.05, 0.1) is 14.2 Å². The first-order valence-electron chi connectivity index (χ1n) is 10.6. The summed E-state index contributed by atoms with van der Waals surface area (Å²) < 4.78 is 10.9. The third-order valence-corrected chi connectivity index (χ3v) is 5.79. The van der Waals surface area contributed by atoms with Crippen molar-refractivity contribution in [3.8, 4) is 11.5 Å². The minimum absolute atomic E-state index is 0.236. The minimum Gasteiger partial charge on any atom is -0.497 e. The second-order valence-electron chi connectivity index (χ2n) is 7.70. The van der Waals surface area contributed by atoms with Crippen molar-refractivity contribution in [2.24, 2.45) is 0 Å². The van der Waals surface area contributed by atoms with Crippen molar-refractivity contribution in [2.45, 2.75) is 31.8 Å². The molecule has 2 aromatic carbocycles. The number of rotatable bonds is 10. The van der Waals surface area contributed by atoms with Crippen LogP contribution in [0, 0.1) is 0 Å². The first-order valence-corrected chi connectivity index (χ1v) is 10.6. The second kappa shape index (κ2) is 11.2. The van der Waals surface area contributed by atoms with E-state index < -0.39 is 0 Å². The molecule has 0 amide bonds. The third-order valence-electron chi connectivity index (χ3n) is 5.79. The maximum absolute atomic E-state index is 9.58. The topological polar surface area (TPSA) is 45.2 Å². The van der Waals surface area contributed by atoms with Crippen LogP contribution in [0.2, 0.25) is 0 Å². The average Bonchev–Trinajstić information content (AvgIpc) is 2.76. The van der Waals surface area contributed by atoms with Crippen molar-refractivity contribution in [3.63, 3.8) is 0 Å². The standard InChI is InChI=1S/C24H34N2O3/c1-28-23-11-10-21(24(17-23)29-2)18-25-14-15-26(22(19-25)12-16-27)13-6-9-20-7-4-3-5-8-20/h3-5,7-8,10-11,17,22,27H,6,9,12-16,18-19H2,1-2H3/t22-/m0/s1. The van der Waals surface area contributed by atoms with Gasteiger partial charge < -0.3 is 14.6 Å². The molecule has 1 aliphatic heterocycles. The molecule has 1 fully saturated rings. The van der Waals surface area contributed by atoms with Crippen LogP contribution in [0.3, 0.4) is 0 Å². The Morgan fingerprint density at radius 1 is 1.03 bits per heavy atom. The summed E-state index contributed by atoms with van der Waals surface area (Å²) in [6.45, 7) is 5.22. The van der Waals surface area contributed by atoms with E-state index in [9.17, 15) is 5.11 Å². The van der Waals surface area contributed by atoms with Crippen LogP contribution in [0.15, 0.2) is 48.5 Å². The van der Waals surface area contributed by atoms with Crippen LogP contribution in [-0.2, 0) is 13.0 Å². The van der Waals surface area contributed by atoms with Gasteiger partial charge in [-0.05, 0) is 37.4 Å². The Morgan fingerprint density at radius 3 is 2.59 bits per heavy atom. The first-order chi connectivity index (χ1) is 14.2. The van der Waals surface area contributed by atoms with Crippen molar-refractivity contribution in [2.75, 3.05) is 47.0 Å². The highest BCUT2D eigenvalue weighted by Crippen LogP contribution is 2.27. The monoisotopic (exact) mass is 398 g/mol. The van der Waals surface area contributed by atoms with E-state index in [0.717, 1.165) is 63.5 Å². The van der Waals surface area contributed by atoms with Crippen molar-refractivity contribution < 1.29 is 14.6 Å². The van der Waals surface area contributed by atoms with Gasteiger partial charge in [-0.15, -0.1) is 0 Å². The lowest BCUT2D eigenvalue weighted by molar-refractivity contribution is 0.0543. The van der Waals surface area contributed by atoms with Gasteiger partial charge in [0.1, 0.15) is 11.5 Å². The zero-order chi connectivity index (χ0) is 20.5. The van der Waals surface area contributed by atoms with E-state index in [1.54, 1.807) is 14.2 Å². The first kappa shape index (κ1) is 21.6. The smallest absolute Gasteiger partial charge is 0.127 e. The molecule has 1 saturated heterocycles. The van der Waals surface area contributed by atoms with Gasteiger partial charge in [0.15, 0.2) is 0 Å². The summed E-state index contributed by atoms with van der Waals surface area (Å²) in [7, 11) is 3.38. The molecule has 5 heteroatoms. The zero-order valence-corrected chi connectivity index (χ0v) is 17.7. The molecule has 3 rings (SSSR count). The second-order valence-corrected chi connectivity index (χ2v) is 7.70. The lowest BCUT2D eigenvalue weighted by Gasteiger charge is -2.41. The van der Waals surface area contributed by atoms with Crippen LogP contribution < -0.4 is 9.47 Å². The Kier molecular flexibility index (Phi) is 8.35. The molecule has 5 nitrogen and oxygen atoms in total. The molecule has 2 aromatic rings. The SMILES string of the molecule is COc1ccc(CN2CCN(CCCc3ccccc3)[C@@H](CCO)C2)c(OC)c1. The Morgan fingerprint density at radius 2 is 1.86 bits per heavy atom. The summed E-state index contributed by atoms with van der Waals surface area (Å²) in [6, 6.07) is 17.1. The summed E-state index contributed by atoms with van der Waals surface area (Å²) in [5.74, 6) is 1.68. The number of ether oxygens (including phenoxy) is 2. The molecule has 0 spiro atoms. The normalized spacial score (nSPS) is 18.0. The fraction of sp³-hybridized carbons (Fsp3) is 0.500. The summed E-state index contributed by atoms with van der Waals surface area (Å²) in [5.41, 5.74) is 2.57. The molecular formula is C24H34N2O3. The van der Waals surface area contributed by atoms with Crippen LogP contribution in [0.25, 0.3) is 0 Å². The van der Waals surface area contributed by atoms with Gasteiger partial charge in [0, 0.05) is 50.5 Å². The van der Waals surface area contributed by atoms with E-state index in [-0.39, 0.29) is 6.61 Å². The number of nitrogens with zero attached hydrogens (tertiary/aromatic N) is 2. The van der Waals surface area contributed by atoms with Crippen LogP contribution >= 0.6 is 0 Å². The van der Waals surface area contributed by atoms with Crippen LogP contribution in [0.4, 0.5) is 0 Å². The summed E-state index contributed by atoms with van der Waals surface area (Å²) in [4.78, 5) is 5.03. The maximum atomic E-state index is 9.58. The van der Waals surface area contributed by atoms with E-state index in [2.05, 4.69) is 46.2 Å². The number of methoxy groups -OCH3 is 2. The molecule has 0 saturated carbocycles. The third kappa shape index (κ3) is 6.20. The van der Waals surface area contributed by atoms with E-state index in [1.807, 2.05) is 12.1 Å². The van der Waals surface area contributed by atoms with Gasteiger partial charge in [-0.2, -0.15) is 0 Å². The van der Waals surface area contributed by atoms with Gasteiger partial charge in [0.2, 0.25) is 0 Å². The fourth-order valence-electron chi connectivity index (χ4n) is 4.17. The Hall–Kier alpha value is -2.08. The molecule has 1 heterocycles. The molecule has 1 N–H and O–H groups in total. The largest absolute Gasteiger partial charge is 0.497 e. The van der Waals surface area contributed by atoms with Gasteiger partial charge in [-0.25, -0.2) is 0 Å². The van der Waals surface area contributed by atoms with Crippen LogP contribution in [0.1, 0.15) is 24.0 Å². The fourth-order valence-corrected chi connectivity index (χ4v) is 4.17. The number of hydrogen-bond acceptors (Lipinski definition) is 5. The molecule has 0 aliphatic carbocycles. The van der Waals surface area contributed by atoms with Gasteiger partial charge >= 0.3 is 0 Å². The summed E-state index contributed by atoms with van der Waals surface area (Å²) in [6.07, 6.45) is 3.08. The number of benzene rings is 2. The molecular weight excluding hydrogens is 364 g/mol. The number of aliphatic hydroxyl groups is 1. The van der Waals surface area contributed by atoms with Crippen LogP contribution in [0.5, 0.6) is 11.5 Å². The Labute approximate surface area is 174 Å². The minimum atomic E-state index is 0.236. The Bertz CT molecular complexity index is 738. The number of aryl methyl sites for hydroxylation is 1. The zero-order valence-electron chi connectivity index (χ0n) is 17.7. The number of hydrogen-bond donors (Lipinski definition) is 1. The highest BCUT2D eigenvalue weighted by atomic mass is 16.5. The quantitative estimate of drug-likeness (QED) is 0.666. The lowest BCUT2D eigenvalue weighted by atomic mass is 10.1. The highest BCUT2D eigenvalue weighted by Gasteiger charge is 2.26. The van der Waals surface area contributed by atoms with Gasteiger partial charge in [-0.1, -0.05) is 36.4 Å².